The summed E-state index contributed by atoms with van der Waals surface area (Å²) in [5.41, 5.74) is 9.18. The number of hydrogen-bond donors (Lipinski definition) is 1. The molecule has 2 N–H and O–H groups in total. The van der Waals surface area contributed by atoms with Gasteiger partial charge in [0.05, 0.1) is 11.2 Å². The van der Waals surface area contributed by atoms with Crippen molar-refractivity contribution in [3.8, 4) is 0 Å². The van der Waals surface area contributed by atoms with E-state index in [9.17, 15) is 0 Å². The minimum absolute atomic E-state index is 0.400. The van der Waals surface area contributed by atoms with Crippen molar-refractivity contribution >= 4 is 10.9 Å². The normalized spacial score (nSPS) is 11.6. The molecule has 0 spiro atoms. The largest absolute Gasteiger partial charge is 0.330 e. The van der Waals surface area contributed by atoms with E-state index in [1.54, 1.807) is 0 Å². The highest BCUT2D eigenvalue weighted by Crippen LogP contribution is 2.22. The Hall–Kier alpha value is -1.35. The highest BCUT2D eigenvalue weighted by molar-refractivity contribution is 5.82. The third-order valence-electron chi connectivity index (χ3n) is 2.88. The van der Waals surface area contributed by atoms with Crippen LogP contribution in [0.3, 0.4) is 0 Å². The van der Waals surface area contributed by atoms with Crippen LogP contribution in [0.5, 0.6) is 0 Å². The van der Waals surface area contributed by atoms with Crippen LogP contribution in [0.4, 0.5) is 0 Å². The third kappa shape index (κ3) is 1.83. The zero-order valence-electron chi connectivity index (χ0n) is 10.2. The molecule has 0 radical (unpaired) electrons. The first kappa shape index (κ1) is 11.1. The average molecular weight is 217 g/mol. The topological polar surface area (TPSA) is 43.8 Å². The minimum Gasteiger partial charge on any atom is -0.330 e. The van der Waals surface area contributed by atoms with E-state index >= 15 is 0 Å². The Morgan fingerprint density at radius 2 is 2.12 bits per heavy atom. The molecule has 1 heterocycles. The van der Waals surface area contributed by atoms with E-state index < -0.39 is 0 Å². The predicted octanol–water partition coefficient (Wildman–Crippen LogP) is 2.43. The molecule has 0 saturated heterocycles. The maximum absolute atomic E-state index is 5.58. The lowest BCUT2D eigenvalue weighted by atomic mass is 10.1. The van der Waals surface area contributed by atoms with Crippen molar-refractivity contribution in [3.63, 3.8) is 0 Å². The van der Waals surface area contributed by atoms with Gasteiger partial charge in [-0.2, -0.15) is 5.10 Å². The van der Waals surface area contributed by atoms with Crippen LogP contribution >= 0.6 is 0 Å². The fraction of sp³-hybridized carbons (Fsp3) is 0.462. The molecular weight excluding hydrogens is 198 g/mol. The molecule has 0 fully saturated rings. The van der Waals surface area contributed by atoms with Gasteiger partial charge in [-0.3, -0.25) is 4.68 Å². The Morgan fingerprint density at radius 3 is 2.75 bits per heavy atom. The Labute approximate surface area is 96.2 Å². The first-order valence-corrected chi connectivity index (χ1v) is 5.81. The van der Waals surface area contributed by atoms with Gasteiger partial charge in [0.25, 0.3) is 0 Å². The summed E-state index contributed by atoms with van der Waals surface area (Å²) >= 11 is 0. The predicted molar refractivity (Wildman–Crippen MR) is 67.6 cm³/mol. The van der Waals surface area contributed by atoms with E-state index in [0.29, 0.717) is 12.6 Å². The number of aromatic nitrogens is 2. The number of nitrogens with two attached hydrogens (primary N) is 1. The van der Waals surface area contributed by atoms with Crippen LogP contribution in [0.25, 0.3) is 10.9 Å². The number of hydrogen-bond acceptors (Lipinski definition) is 2. The molecule has 0 amide bonds. The van der Waals surface area contributed by atoms with E-state index in [2.05, 4.69) is 48.8 Å². The molecule has 16 heavy (non-hydrogen) atoms. The lowest BCUT2D eigenvalue weighted by Gasteiger charge is -2.07. The van der Waals surface area contributed by atoms with Gasteiger partial charge in [-0.25, -0.2) is 0 Å². The summed E-state index contributed by atoms with van der Waals surface area (Å²) < 4.78 is 2.08. The van der Waals surface area contributed by atoms with E-state index in [4.69, 9.17) is 5.73 Å². The molecule has 3 nitrogen and oxygen atoms in total. The summed E-state index contributed by atoms with van der Waals surface area (Å²) in [6.45, 7) is 7.07. The number of aryl methyl sites for hydroxylation is 1. The summed E-state index contributed by atoms with van der Waals surface area (Å²) in [4.78, 5) is 0. The SMILES string of the molecule is Cc1nn(C(C)C)c2ccc(CCN)cc12. The van der Waals surface area contributed by atoms with E-state index in [1.807, 2.05) is 0 Å². The molecular formula is C13H19N3. The first-order chi connectivity index (χ1) is 7.63. The second-order valence-corrected chi connectivity index (χ2v) is 4.51. The molecule has 0 saturated carbocycles. The molecule has 2 aromatic rings. The first-order valence-electron chi connectivity index (χ1n) is 5.81. The summed E-state index contributed by atoms with van der Waals surface area (Å²) in [7, 11) is 0. The maximum atomic E-state index is 5.58. The summed E-state index contributed by atoms with van der Waals surface area (Å²) in [6.07, 6.45) is 0.933. The summed E-state index contributed by atoms with van der Waals surface area (Å²) in [6, 6.07) is 6.91. The zero-order chi connectivity index (χ0) is 11.7. The van der Waals surface area contributed by atoms with Crippen LogP contribution in [0, 0.1) is 6.92 Å². The van der Waals surface area contributed by atoms with Crippen molar-refractivity contribution in [1.82, 2.24) is 9.78 Å². The monoisotopic (exact) mass is 217 g/mol. The van der Waals surface area contributed by atoms with Crippen molar-refractivity contribution in [3.05, 3.63) is 29.5 Å². The van der Waals surface area contributed by atoms with E-state index in [0.717, 1.165) is 12.1 Å². The second kappa shape index (κ2) is 4.26. The molecule has 1 aromatic heterocycles. The van der Waals surface area contributed by atoms with Gasteiger partial charge in [0.15, 0.2) is 0 Å². The average Bonchev–Trinajstić information content (AvgIpc) is 2.57. The smallest absolute Gasteiger partial charge is 0.0688 e. The Balaban J connectivity index is 2.57. The molecule has 2 rings (SSSR count). The fourth-order valence-electron chi connectivity index (χ4n) is 2.06. The lowest BCUT2D eigenvalue weighted by Crippen LogP contribution is -2.03. The number of fused-ring (bicyclic) bond motifs is 1. The highest BCUT2D eigenvalue weighted by atomic mass is 15.3. The van der Waals surface area contributed by atoms with Gasteiger partial charge in [0, 0.05) is 11.4 Å². The second-order valence-electron chi connectivity index (χ2n) is 4.51. The van der Waals surface area contributed by atoms with Crippen molar-refractivity contribution in [2.24, 2.45) is 5.73 Å². The molecule has 0 unspecified atom stereocenters. The van der Waals surface area contributed by atoms with Crippen LogP contribution in [-0.4, -0.2) is 16.3 Å². The molecule has 0 aliphatic rings. The Kier molecular flexibility index (Phi) is 2.97. The van der Waals surface area contributed by atoms with Crippen molar-refractivity contribution < 1.29 is 0 Å². The number of nitrogens with zero attached hydrogens (tertiary/aromatic N) is 2. The van der Waals surface area contributed by atoms with E-state index in [1.165, 1.54) is 16.5 Å². The lowest BCUT2D eigenvalue weighted by molar-refractivity contribution is 0.547. The van der Waals surface area contributed by atoms with E-state index in [-0.39, 0.29) is 0 Å². The van der Waals surface area contributed by atoms with Gasteiger partial charge in [-0.05, 0) is 51.4 Å². The van der Waals surface area contributed by atoms with Crippen LogP contribution in [-0.2, 0) is 6.42 Å². The molecule has 0 aliphatic carbocycles. The van der Waals surface area contributed by atoms with Gasteiger partial charge >= 0.3 is 0 Å². The molecule has 86 valence electrons. The van der Waals surface area contributed by atoms with Crippen LogP contribution < -0.4 is 5.73 Å². The van der Waals surface area contributed by atoms with Gasteiger partial charge in [-0.15, -0.1) is 0 Å². The molecule has 1 aromatic carbocycles. The Morgan fingerprint density at radius 1 is 1.38 bits per heavy atom. The summed E-state index contributed by atoms with van der Waals surface area (Å²) in [5, 5.41) is 5.83. The third-order valence-corrected chi connectivity index (χ3v) is 2.88. The van der Waals surface area contributed by atoms with Crippen LogP contribution in [0.15, 0.2) is 18.2 Å². The summed E-state index contributed by atoms with van der Waals surface area (Å²) in [5.74, 6) is 0. The number of benzene rings is 1. The maximum Gasteiger partial charge on any atom is 0.0688 e. The zero-order valence-corrected chi connectivity index (χ0v) is 10.2. The quantitative estimate of drug-likeness (QED) is 0.858. The molecule has 0 aliphatic heterocycles. The van der Waals surface area contributed by atoms with Gasteiger partial charge in [0.2, 0.25) is 0 Å². The van der Waals surface area contributed by atoms with Crippen molar-refractivity contribution in [2.75, 3.05) is 6.54 Å². The fourth-order valence-corrected chi connectivity index (χ4v) is 2.06. The number of rotatable bonds is 3. The molecule has 0 bridgehead atoms. The standard InChI is InChI=1S/C13H19N3/c1-9(2)16-13-5-4-11(6-7-14)8-12(13)10(3)15-16/h4-5,8-9H,6-7,14H2,1-3H3. The molecule has 0 atom stereocenters. The van der Waals surface area contributed by atoms with Gasteiger partial charge in [-0.1, -0.05) is 6.07 Å². The van der Waals surface area contributed by atoms with Crippen LogP contribution in [0.2, 0.25) is 0 Å². The van der Waals surface area contributed by atoms with Gasteiger partial charge in [0.1, 0.15) is 0 Å². The van der Waals surface area contributed by atoms with Crippen molar-refractivity contribution in [1.29, 1.82) is 0 Å². The highest BCUT2D eigenvalue weighted by Gasteiger charge is 2.09. The van der Waals surface area contributed by atoms with Crippen molar-refractivity contribution in [2.45, 2.75) is 33.2 Å². The van der Waals surface area contributed by atoms with Crippen LogP contribution in [0.1, 0.15) is 31.1 Å². The molecule has 3 heteroatoms. The minimum atomic E-state index is 0.400. The Bertz CT molecular complexity index is 497. The van der Waals surface area contributed by atoms with Gasteiger partial charge < -0.3 is 5.73 Å².